The van der Waals surface area contributed by atoms with Gasteiger partial charge in [0.15, 0.2) is 0 Å². The molecule has 1 spiro atoms. The summed E-state index contributed by atoms with van der Waals surface area (Å²) in [4.78, 5) is 23.7. The average Bonchev–Trinajstić information content (AvgIpc) is 2.93. The molecule has 2 fully saturated rings. The fraction of sp³-hybridized carbons (Fsp3) is 0.455. The van der Waals surface area contributed by atoms with Gasteiger partial charge in [0.2, 0.25) is 11.8 Å². The summed E-state index contributed by atoms with van der Waals surface area (Å²) in [6, 6.07) is 1.54. The topological polar surface area (TPSA) is 58.2 Å². The second-order valence-corrected chi connectivity index (χ2v) is 6.85. The quantitative estimate of drug-likeness (QED) is 0.862. The zero-order valence-electron chi connectivity index (χ0n) is 8.96. The molecule has 1 atom stereocenters. The van der Waals surface area contributed by atoms with E-state index >= 15 is 0 Å². The van der Waals surface area contributed by atoms with Crippen LogP contribution in [0.5, 0.6) is 0 Å². The Balaban J connectivity index is 1.72. The molecule has 6 heteroatoms. The van der Waals surface area contributed by atoms with Crippen LogP contribution in [0.4, 0.5) is 0 Å². The lowest BCUT2D eigenvalue weighted by Crippen LogP contribution is -2.63. The largest absolute Gasteiger partial charge is 0.342 e. The summed E-state index contributed by atoms with van der Waals surface area (Å²) in [5.41, 5.74) is 0.497. The molecule has 1 aromatic rings. The molecule has 2 N–H and O–H groups in total. The molecule has 0 radical (unpaired) electrons. The molecule has 1 saturated heterocycles. The van der Waals surface area contributed by atoms with Gasteiger partial charge in [0.1, 0.15) is 11.6 Å². The summed E-state index contributed by atoms with van der Waals surface area (Å²) < 4.78 is 1.04. The first-order valence-electron chi connectivity index (χ1n) is 5.45. The monoisotopic (exact) mass is 314 g/mol. The van der Waals surface area contributed by atoms with E-state index < -0.39 is 11.6 Å². The number of hydrogen-bond acceptors (Lipinski definition) is 3. The summed E-state index contributed by atoms with van der Waals surface area (Å²) in [6.07, 6.45) is 2.08. The van der Waals surface area contributed by atoms with Crippen molar-refractivity contribution in [3.63, 3.8) is 0 Å². The third-order valence-electron chi connectivity index (χ3n) is 3.23. The highest BCUT2D eigenvalue weighted by Crippen LogP contribution is 2.37. The van der Waals surface area contributed by atoms with E-state index in [-0.39, 0.29) is 11.8 Å². The number of hydrogen-bond donors (Lipinski definition) is 2. The first kappa shape index (κ1) is 11.2. The molecule has 0 aromatic carbocycles. The van der Waals surface area contributed by atoms with Gasteiger partial charge in [0.25, 0.3) is 0 Å². The third kappa shape index (κ3) is 1.99. The highest BCUT2D eigenvalue weighted by atomic mass is 79.9. The highest BCUT2D eigenvalue weighted by Gasteiger charge is 2.55. The molecule has 3 rings (SSSR count). The van der Waals surface area contributed by atoms with Crippen LogP contribution in [0, 0.1) is 0 Å². The van der Waals surface area contributed by atoms with Crippen LogP contribution in [-0.4, -0.2) is 23.4 Å². The van der Waals surface area contributed by atoms with Crippen LogP contribution < -0.4 is 10.6 Å². The van der Waals surface area contributed by atoms with Gasteiger partial charge in [0, 0.05) is 6.42 Å². The molecule has 1 aliphatic carbocycles. The molecule has 2 amide bonds. The zero-order chi connectivity index (χ0) is 12.0. The van der Waals surface area contributed by atoms with Crippen molar-refractivity contribution in [3.8, 4) is 0 Å². The standard InChI is InChI=1S/C11H11BrN2O2S/c12-8-4-6(5-17-8)3-7-9(15)14-11(1-2-11)10(16)13-7/h4-5,7H,1-3H2,(H,13,16)(H,14,15)/t7-/m0/s1. The van der Waals surface area contributed by atoms with E-state index in [1.165, 1.54) is 0 Å². The maximum Gasteiger partial charge on any atom is 0.246 e. The Morgan fingerprint density at radius 1 is 1.47 bits per heavy atom. The normalized spacial score (nSPS) is 25.6. The van der Waals surface area contributed by atoms with E-state index in [9.17, 15) is 9.59 Å². The van der Waals surface area contributed by atoms with Crippen LogP contribution in [0.15, 0.2) is 15.2 Å². The smallest absolute Gasteiger partial charge is 0.246 e. The predicted molar refractivity (Wildman–Crippen MR) is 67.8 cm³/mol. The molecule has 1 aromatic heterocycles. The van der Waals surface area contributed by atoms with Crippen LogP contribution in [0.1, 0.15) is 18.4 Å². The van der Waals surface area contributed by atoms with Gasteiger partial charge in [-0.2, -0.15) is 0 Å². The minimum atomic E-state index is -0.567. The zero-order valence-corrected chi connectivity index (χ0v) is 11.4. The van der Waals surface area contributed by atoms with Gasteiger partial charge in [-0.1, -0.05) is 0 Å². The Morgan fingerprint density at radius 3 is 2.82 bits per heavy atom. The third-order valence-corrected chi connectivity index (χ3v) is 4.78. The van der Waals surface area contributed by atoms with Gasteiger partial charge in [-0.15, -0.1) is 11.3 Å². The van der Waals surface area contributed by atoms with Gasteiger partial charge in [-0.3, -0.25) is 9.59 Å². The van der Waals surface area contributed by atoms with E-state index in [1.807, 2.05) is 11.4 Å². The van der Waals surface area contributed by atoms with E-state index in [4.69, 9.17) is 0 Å². The van der Waals surface area contributed by atoms with E-state index in [0.29, 0.717) is 6.42 Å². The van der Waals surface area contributed by atoms with Crippen LogP contribution in [0.25, 0.3) is 0 Å². The fourth-order valence-corrected chi connectivity index (χ4v) is 3.27. The molecule has 0 unspecified atom stereocenters. The molecule has 1 aliphatic heterocycles. The van der Waals surface area contributed by atoms with Crippen molar-refractivity contribution in [3.05, 3.63) is 20.8 Å². The van der Waals surface area contributed by atoms with E-state index in [0.717, 1.165) is 22.2 Å². The van der Waals surface area contributed by atoms with Crippen molar-refractivity contribution in [2.75, 3.05) is 0 Å². The van der Waals surface area contributed by atoms with Crippen LogP contribution >= 0.6 is 27.3 Å². The van der Waals surface area contributed by atoms with Crippen molar-refractivity contribution in [2.24, 2.45) is 0 Å². The number of thiophene rings is 1. The lowest BCUT2D eigenvalue weighted by Gasteiger charge is -2.29. The van der Waals surface area contributed by atoms with Crippen molar-refractivity contribution in [1.82, 2.24) is 10.6 Å². The maximum atomic E-state index is 11.9. The minimum Gasteiger partial charge on any atom is -0.342 e. The number of piperazine rings is 1. The summed E-state index contributed by atoms with van der Waals surface area (Å²) in [7, 11) is 0. The molecular formula is C11H11BrN2O2S. The Hall–Kier alpha value is -0.880. The van der Waals surface area contributed by atoms with Crippen molar-refractivity contribution >= 4 is 39.1 Å². The molecule has 2 aliphatic rings. The van der Waals surface area contributed by atoms with Crippen LogP contribution in [-0.2, 0) is 16.0 Å². The number of rotatable bonds is 2. The first-order valence-corrected chi connectivity index (χ1v) is 7.12. The van der Waals surface area contributed by atoms with Crippen LogP contribution in [0.3, 0.4) is 0 Å². The molecular weight excluding hydrogens is 304 g/mol. The van der Waals surface area contributed by atoms with E-state index in [1.54, 1.807) is 11.3 Å². The van der Waals surface area contributed by atoms with Gasteiger partial charge < -0.3 is 10.6 Å². The van der Waals surface area contributed by atoms with Gasteiger partial charge in [-0.25, -0.2) is 0 Å². The second kappa shape index (κ2) is 3.81. The summed E-state index contributed by atoms with van der Waals surface area (Å²) in [6.45, 7) is 0. The fourth-order valence-electron chi connectivity index (χ4n) is 2.05. The van der Waals surface area contributed by atoms with Gasteiger partial charge >= 0.3 is 0 Å². The SMILES string of the molecule is O=C1NC2(CC2)C(=O)N[C@H]1Cc1csc(Br)c1. The maximum absolute atomic E-state index is 11.9. The van der Waals surface area contributed by atoms with Crippen molar-refractivity contribution in [1.29, 1.82) is 0 Å². The Morgan fingerprint density at radius 2 is 2.24 bits per heavy atom. The average molecular weight is 315 g/mol. The lowest BCUT2D eigenvalue weighted by molar-refractivity contribution is -0.137. The molecule has 0 bridgehead atoms. The number of carbonyl (C=O) groups excluding carboxylic acids is 2. The summed E-state index contributed by atoms with van der Waals surface area (Å²) in [5, 5.41) is 7.64. The first-order chi connectivity index (χ1) is 8.09. The molecule has 2 heterocycles. The molecule has 1 saturated carbocycles. The van der Waals surface area contributed by atoms with Crippen LogP contribution in [0.2, 0.25) is 0 Å². The highest BCUT2D eigenvalue weighted by molar-refractivity contribution is 9.11. The number of halogens is 1. The number of amides is 2. The van der Waals surface area contributed by atoms with Crippen molar-refractivity contribution in [2.45, 2.75) is 30.8 Å². The minimum absolute atomic E-state index is 0.0311. The van der Waals surface area contributed by atoms with Gasteiger partial charge in [0.05, 0.1) is 3.79 Å². The number of carbonyl (C=O) groups is 2. The van der Waals surface area contributed by atoms with E-state index in [2.05, 4.69) is 26.6 Å². The Kier molecular flexibility index (Phi) is 2.52. The summed E-state index contributed by atoms with van der Waals surface area (Å²) in [5.74, 6) is -0.0965. The van der Waals surface area contributed by atoms with Gasteiger partial charge in [-0.05, 0) is 45.8 Å². The molecule has 4 nitrogen and oxygen atoms in total. The summed E-state index contributed by atoms with van der Waals surface area (Å²) >= 11 is 4.96. The van der Waals surface area contributed by atoms with Crippen molar-refractivity contribution < 1.29 is 9.59 Å². The predicted octanol–water partition coefficient (Wildman–Crippen LogP) is 1.20. The second-order valence-electron chi connectivity index (χ2n) is 4.56. The lowest BCUT2D eigenvalue weighted by atomic mass is 10.0. The molecule has 17 heavy (non-hydrogen) atoms. The Labute approximate surface area is 111 Å². The Bertz CT molecular complexity index is 495. The number of nitrogens with one attached hydrogen (secondary N) is 2. The molecule has 90 valence electrons.